The smallest absolute Gasteiger partial charge is 0.0804 e. The molecule has 0 bridgehead atoms. The van der Waals surface area contributed by atoms with Crippen LogP contribution in [0.3, 0.4) is 0 Å². The molecule has 0 N–H and O–H groups in total. The summed E-state index contributed by atoms with van der Waals surface area (Å²) in [4.78, 5) is 0. The maximum atomic E-state index is 10.8. The average molecular weight is 1670 g/mol. The zero-order valence-corrected chi connectivity index (χ0v) is 83.3. The van der Waals surface area contributed by atoms with Crippen LogP contribution >= 0.6 is 149 Å². The quantitative estimate of drug-likeness (QED) is 0.171. The van der Waals surface area contributed by atoms with Gasteiger partial charge in [0.2, 0.25) is 0 Å². The van der Waals surface area contributed by atoms with Crippen molar-refractivity contribution < 1.29 is 8.42 Å². The van der Waals surface area contributed by atoms with Gasteiger partial charge < -0.3 is 0 Å². The Bertz CT molecular complexity index is 1340. The van der Waals surface area contributed by atoms with E-state index >= 15 is 0 Å². The Morgan fingerprint density at radius 1 is 0.196 bits per heavy atom. The monoisotopic (exact) mass is 1670 g/mol. The van der Waals surface area contributed by atoms with Gasteiger partial charge in [-0.3, -0.25) is 0 Å². The molecule has 0 aromatic carbocycles. The van der Waals surface area contributed by atoms with E-state index in [4.69, 9.17) is 0 Å². The Hall–Kier alpha value is 4.94. The molecule has 8 aliphatic heterocycles. The maximum Gasteiger partial charge on any atom is 0.0804 e. The van der Waals surface area contributed by atoms with Gasteiger partial charge in [0.25, 0.3) is 0 Å². The predicted octanol–water partition coefficient (Wildman–Crippen LogP) is 33.9. The Balaban J connectivity index is -0.000000122. The standard InChI is InChI=1S/C7H14S2.C6H12S2.C5H10OS2.2C5H10S2.8C5H12.C4H8S2.C3H6OS2.C3H6S2.CH4/c1-9-7-5-3-2-4-6-8-9;1-2-4-6-8-7-5-3-1;6-8-5-3-1-2-4-7-8;1-7-5-3-2-4-6-7;1-2-4-6-7-5-3-1;8*1-5(2,3)4;1-2-4-6-5-3-1;4-6-3-1-2-5-6;1-2-4-5-3-1;/h1-7H2;1-6H2;1-5H2;2*1-5H2;8*1-4H3;1-4H2;1-3H2;1-3H2;1H4. The summed E-state index contributed by atoms with van der Waals surface area (Å²) in [6.07, 6.45) is 27.9. The van der Waals surface area contributed by atoms with Gasteiger partial charge in [-0.15, -0.1) is 40.6 Å². The van der Waals surface area contributed by atoms with E-state index in [0.717, 1.165) is 29.4 Å². The Morgan fingerprint density at radius 2 is 0.340 bits per heavy atom. The molecule has 0 amide bonds. The third-order valence-electron chi connectivity index (χ3n) is 8.03. The van der Waals surface area contributed by atoms with Crippen molar-refractivity contribution >= 4 is 180 Å². The molecular formula is C79H176O2S16. The molecule has 8 fully saturated rings. The average Bonchev–Trinajstić information content (AvgIpc) is 4.21. The van der Waals surface area contributed by atoms with Crippen molar-refractivity contribution in [2.45, 2.75) is 357 Å². The van der Waals surface area contributed by atoms with E-state index in [2.05, 4.69) is 244 Å². The van der Waals surface area contributed by atoms with Crippen LogP contribution in [0.2, 0.25) is 0 Å². The van der Waals surface area contributed by atoms with E-state index in [9.17, 15) is 8.42 Å². The zero-order valence-electron chi connectivity index (χ0n) is 70.2. The molecule has 4 unspecified atom stereocenters. The molecule has 8 rings (SSSR count). The van der Waals surface area contributed by atoms with Crippen molar-refractivity contribution in [1.29, 1.82) is 0 Å². The lowest BCUT2D eigenvalue weighted by Gasteiger charge is -2.11. The van der Waals surface area contributed by atoms with Gasteiger partial charge in [0.1, 0.15) is 0 Å². The van der Waals surface area contributed by atoms with Crippen LogP contribution in [0.5, 0.6) is 0 Å². The van der Waals surface area contributed by atoms with Gasteiger partial charge in [-0.2, -0.15) is 0 Å². The topological polar surface area (TPSA) is 34.1 Å². The minimum Gasteiger partial charge on any atom is -0.248 e. The van der Waals surface area contributed by atoms with E-state index in [1.807, 2.05) is 97.1 Å². The van der Waals surface area contributed by atoms with Gasteiger partial charge in [0, 0.05) is 80.5 Å². The molecule has 4 atom stereocenters. The fourth-order valence-electron chi connectivity index (χ4n) is 4.80. The third-order valence-corrected chi connectivity index (χ3v) is 31.7. The summed E-state index contributed by atoms with van der Waals surface area (Å²) in [5.41, 5.74) is 4.00. The first-order chi connectivity index (χ1) is 43.6. The van der Waals surface area contributed by atoms with E-state index in [1.54, 1.807) is 21.6 Å². The number of rotatable bonds is 0. The maximum absolute atomic E-state index is 10.8. The van der Waals surface area contributed by atoms with Crippen molar-refractivity contribution in [3.05, 3.63) is 0 Å². The SMILES string of the molecule is C.C1CCCSSCC1.C1CCSSC1.C1CCSSCC1.C1CSSC1.C=S1CCCCCCS1.C=S1CCCCS1.CC(C)(C)C.CC(C)(C)C.CC(C)(C)C.CC(C)(C)C.CC(C)(C)C.CC(C)(C)C.CC(C)(C)C.CC(C)(C)C.O=S1CCCCCS1.O=S1CCCS1. The molecule has 600 valence electrons. The van der Waals surface area contributed by atoms with Gasteiger partial charge >= 0.3 is 0 Å². The highest BCUT2D eigenvalue weighted by Crippen LogP contribution is 2.35. The molecule has 8 aliphatic rings. The molecule has 0 spiro atoms. The summed E-state index contributed by atoms with van der Waals surface area (Å²) in [6.45, 7) is 70.0. The molecule has 0 radical (unpaired) electrons. The van der Waals surface area contributed by atoms with Crippen molar-refractivity contribution in [2.24, 2.45) is 43.3 Å². The second-order valence-electron chi connectivity index (χ2n) is 37.2. The summed E-state index contributed by atoms with van der Waals surface area (Å²) in [5.74, 6) is 28.6. The minimum atomic E-state index is -0.541. The highest BCUT2D eigenvalue weighted by molar-refractivity contribution is 8.83. The molecule has 0 aromatic rings. The molecule has 2 nitrogen and oxygen atoms in total. The first kappa shape index (κ1) is 120. The lowest BCUT2D eigenvalue weighted by Crippen LogP contribution is -1.93. The second-order valence-corrected chi connectivity index (χ2v) is 63.1. The predicted molar refractivity (Wildman–Crippen MR) is 515 cm³/mol. The first-order valence-electron chi connectivity index (χ1n) is 36.9. The first-order valence-corrected chi connectivity index (χ1v) is 58.6. The van der Waals surface area contributed by atoms with Gasteiger partial charge in [-0.25, -0.2) is 8.42 Å². The van der Waals surface area contributed by atoms with Crippen LogP contribution in [0.25, 0.3) is 0 Å². The molecule has 0 aliphatic carbocycles. The van der Waals surface area contributed by atoms with E-state index in [0.29, 0.717) is 62.4 Å². The van der Waals surface area contributed by atoms with Gasteiger partial charge in [0.05, 0.1) is 19.7 Å². The lowest BCUT2D eigenvalue weighted by atomic mass is 10.0. The largest absolute Gasteiger partial charge is 0.248 e. The normalized spacial score (nSPS) is 21.4. The van der Waals surface area contributed by atoms with Gasteiger partial charge in [0.15, 0.2) is 0 Å². The lowest BCUT2D eigenvalue weighted by molar-refractivity contribution is 0.469. The van der Waals surface area contributed by atoms with Crippen LogP contribution in [-0.4, -0.2) is 112 Å². The zero-order chi connectivity index (χ0) is 76.3. The van der Waals surface area contributed by atoms with Crippen molar-refractivity contribution in [3.63, 3.8) is 0 Å². The second kappa shape index (κ2) is 79.0. The van der Waals surface area contributed by atoms with Crippen molar-refractivity contribution in [1.82, 2.24) is 0 Å². The molecule has 8 heterocycles. The molecule has 97 heavy (non-hydrogen) atoms. The fourth-order valence-corrected chi connectivity index (χ4v) is 25.4. The van der Waals surface area contributed by atoms with Crippen LogP contribution in [0.4, 0.5) is 0 Å². The number of hydrogen-bond donors (Lipinski definition) is 0. The van der Waals surface area contributed by atoms with Crippen LogP contribution < -0.4 is 0 Å². The Morgan fingerprint density at radius 3 is 0.557 bits per heavy atom. The fraction of sp³-hybridized carbons (Fsp3) is 0.975. The Labute approximate surface area is 673 Å². The van der Waals surface area contributed by atoms with Crippen molar-refractivity contribution in [2.75, 3.05) is 92.0 Å². The highest BCUT2D eigenvalue weighted by Gasteiger charge is 2.08. The molecule has 0 saturated carbocycles. The summed E-state index contributed by atoms with van der Waals surface area (Å²) >= 11 is 0. The summed E-state index contributed by atoms with van der Waals surface area (Å²) in [5, 5.41) is 0. The summed E-state index contributed by atoms with van der Waals surface area (Å²) in [7, 11) is 23.3. The summed E-state index contributed by atoms with van der Waals surface area (Å²) < 4.78 is 21.1. The third kappa shape index (κ3) is 234. The van der Waals surface area contributed by atoms with Gasteiger partial charge in [-0.05, 0) is 145 Å². The van der Waals surface area contributed by atoms with Gasteiger partial charge in [-0.1, -0.05) is 387 Å². The van der Waals surface area contributed by atoms with Crippen molar-refractivity contribution in [3.8, 4) is 0 Å². The van der Waals surface area contributed by atoms with Crippen LogP contribution in [0.15, 0.2) is 0 Å². The molecule has 0 aromatic heterocycles. The minimum absolute atomic E-state index is 0. The number of hydrogen-bond acceptors (Lipinski definition) is 14. The molecule has 18 heteroatoms. The van der Waals surface area contributed by atoms with E-state index < -0.39 is 19.7 Å². The molecule has 8 saturated heterocycles. The Kier molecular flexibility index (Phi) is 98.0. The molecular weight excluding hydrogens is 1490 g/mol. The van der Waals surface area contributed by atoms with Crippen LogP contribution in [0, 0.1) is 43.3 Å². The van der Waals surface area contributed by atoms with Crippen LogP contribution in [-0.2, 0) is 19.7 Å². The van der Waals surface area contributed by atoms with E-state index in [1.165, 1.54) is 191 Å². The van der Waals surface area contributed by atoms with Crippen LogP contribution in [0.1, 0.15) is 357 Å². The summed E-state index contributed by atoms with van der Waals surface area (Å²) in [6, 6.07) is 0. The van der Waals surface area contributed by atoms with E-state index in [-0.39, 0.29) is 7.43 Å². The highest BCUT2D eigenvalue weighted by atomic mass is 33.1.